The SMILES string of the molecule is Cn1nc(-c2cc(F)c(F)cc2Br)cc1N. The van der Waals surface area contributed by atoms with Crippen molar-refractivity contribution in [2.24, 2.45) is 7.05 Å². The lowest BCUT2D eigenvalue weighted by atomic mass is 10.1. The second-order valence-electron chi connectivity index (χ2n) is 3.32. The number of hydrogen-bond donors (Lipinski definition) is 1. The van der Waals surface area contributed by atoms with Crippen molar-refractivity contribution in [3.63, 3.8) is 0 Å². The maximum Gasteiger partial charge on any atom is 0.159 e. The average Bonchev–Trinajstić information content (AvgIpc) is 2.53. The largest absolute Gasteiger partial charge is 0.384 e. The Hall–Kier alpha value is -1.43. The molecule has 0 unspecified atom stereocenters. The van der Waals surface area contributed by atoms with Crippen LogP contribution in [0.15, 0.2) is 22.7 Å². The molecule has 0 saturated carbocycles. The molecule has 0 aliphatic rings. The third-order valence-electron chi connectivity index (χ3n) is 2.20. The fourth-order valence-electron chi connectivity index (χ4n) is 1.33. The van der Waals surface area contributed by atoms with Crippen molar-refractivity contribution >= 4 is 21.7 Å². The summed E-state index contributed by atoms with van der Waals surface area (Å²) in [5.41, 5.74) is 6.57. The molecule has 0 amide bonds. The lowest BCUT2D eigenvalue weighted by Crippen LogP contribution is -1.96. The van der Waals surface area contributed by atoms with Crippen LogP contribution >= 0.6 is 15.9 Å². The molecule has 0 radical (unpaired) electrons. The van der Waals surface area contributed by atoms with E-state index in [-0.39, 0.29) is 0 Å². The Balaban J connectivity index is 2.60. The van der Waals surface area contributed by atoms with Gasteiger partial charge in [-0.2, -0.15) is 5.10 Å². The molecule has 0 bridgehead atoms. The van der Waals surface area contributed by atoms with E-state index in [0.717, 1.165) is 12.1 Å². The Kier molecular flexibility index (Phi) is 2.67. The summed E-state index contributed by atoms with van der Waals surface area (Å²) in [6.45, 7) is 0. The molecule has 0 atom stereocenters. The zero-order chi connectivity index (χ0) is 11.9. The number of halogens is 3. The molecule has 16 heavy (non-hydrogen) atoms. The van der Waals surface area contributed by atoms with Gasteiger partial charge < -0.3 is 5.73 Å². The molecular weight excluding hydrogens is 280 g/mol. The first-order chi connectivity index (χ1) is 7.49. The van der Waals surface area contributed by atoms with Crippen molar-refractivity contribution in [3.05, 3.63) is 34.3 Å². The van der Waals surface area contributed by atoms with E-state index < -0.39 is 11.6 Å². The molecule has 0 fully saturated rings. The van der Waals surface area contributed by atoms with Crippen LogP contribution in [0.1, 0.15) is 0 Å². The zero-order valence-electron chi connectivity index (χ0n) is 8.34. The summed E-state index contributed by atoms with van der Waals surface area (Å²) >= 11 is 3.16. The Bertz CT molecular complexity index is 532. The predicted octanol–water partition coefficient (Wildman–Crippen LogP) is 2.71. The minimum Gasteiger partial charge on any atom is -0.384 e. The second kappa shape index (κ2) is 3.86. The van der Waals surface area contributed by atoms with Crippen LogP contribution < -0.4 is 5.73 Å². The molecule has 84 valence electrons. The quantitative estimate of drug-likeness (QED) is 0.820. The van der Waals surface area contributed by atoms with E-state index in [4.69, 9.17) is 5.73 Å². The highest BCUT2D eigenvalue weighted by molar-refractivity contribution is 9.10. The van der Waals surface area contributed by atoms with Crippen molar-refractivity contribution in [3.8, 4) is 11.3 Å². The fraction of sp³-hybridized carbons (Fsp3) is 0.100. The normalized spacial score (nSPS) is 10.8. The molecule has 0 saturated heterocycles. The van der Waals surface area contributed by atoms with Crippen molar-refractivity contribution in [1.29, 1.82) is 0 Å². The summed E-state index contributed by atoms with van der Waals surface area (Å²) in [4.78, 5) is 0. The molecule has 2 N–H and O–H groups in total. The molecule has 1 aromatic carbocycles. The van der Waals surface area contributed by atoms with E-state index in [0.29, 0.717) is 21.5 Å². The number of aryl methyl sites for hydroxylation is 1. The van der Waals surface area contributed by atoms with E-state index in [1.165, 1.54) is 4.68 Å². The lowest BCUT2D eigenvalue weighted by Gasteiger charge is -2.01. The standard InChI is InChI=1S/C10H8BrF2N3/c1-16-10(14)4-9(15-16)5-2-7(12)8(13)3-6(5)11/h2-4H,14H2,1H3. The van der Waals surface area contributed by atoms with Gasteiger partial charge in [0.1, 0.15) is 5.82 Å². The van der Waals surface area contributed by atoms with Gasteiger partial charge in [0.2, 0.25) is 0 Å². The van der Waals surface area contributed by atoms with Gasteiger partial charge in [-0.05, 0) is 28.1 Å². The topological polar surface area (TPSA) is 43.8 Å². The van der Waals surface area contributed by atoms with Crippen LogP contribution in [0.3, 0.4) is 0 Å². The highest BCUT2D eigenvalue weighted by Crippen LogP contribution is 2.30. The van der Waals surface area contributed by atoms with Gasteiger partial charge in [0.25, 0.3) is 0 Å². The Morgan fingerprint density at radius 2 is 1.88 bits per heavy atom. The first-order valence-electron chi connectivity index (χ1n) is 4.43. The first kappa shape index (κ1) is 11.1. The predicted molar refractivity (Wildman–Crippen MR) is 60.7 cm³/mol. The van der Waals surface area contributed by atoms with E-state index in [1.54, 1.807) is 13.1 Å². The van der Waals surface area contributed by atoms with Gasteiger partial charge >= 0.3 is 0 Å². The first-order valence-corrected chi connectivity index (χ1v) is 5.23. The number of aromatic nitrogens is 2. The number of anilines is 1. The van der Waals surface area contributed by atoms with Gasteiger partial charge in [-0.3, -0.25) is 4.68 Å². The molecule has 1 aromatic heterocycles. The third-order valence-corrected chi connectivity index (χ3v) is 2.86. The van der Waals surface area contributed by atoms with E-state index in [2.05, 4.69) is 21.0 Å². The van der Waals surface area contributed by atoms with Crippen molar-refractivity contribution in [2.45, 2.75) is 0 Å². The van der Waals surface area contributed by atoms with Gasteiger partial charge in [-0.25, -0.2) is 8.78 Å². The van der Waals surface area contributed by atoms with Gasteiger partial charge in [0.15, 0.2) is 11.6 Å². The van der Waals surface area contributed by atoms with Crippen LogP contribution in [0.2, 0.25) is 0 Å². The highest BCUT2D eigenvalue weighted by atomic mass is 79.9. The van der Waals surface area contributed by atoms with E-state index in [1.807, 2.05) is 0 Å². The van der Waals surface area contributed by atoms with Gasteiger partial charge in [-0.15, -0.1) is 0 Å². The van der Waals surface area contributed by atoms with E-state index in [9.17, 15) is 8.78 Å². The van der Waals surface area contributed by atoms with E-state index >= 15 is 0 Å². The van der Waals surface area contributed by atoms with Crippen molar-refractivity contribution in [1.82, 2.24) is 9.78 Å². The molecule has 3 nitrogen and oxygen atoms in total. The molecular formula is C10H8BrF2N3. The zero-order valence-corrected chi connectivity index (χ0v) is 9.92. The Morgan fingerprint density at radius 3 is 2.44 bits per heavy atom. The van der Waals surface area contributed by atoms with Crippen LogP contribution in [0, 0.1) is 11.6 Å². The third kappa shape index (κ3) is 1.80. The summed E-state index contributed by atoms with van der Waals surface area (Å²) in [5, 5.41) is 4.08. The monoisotopic (exact) mass is 287 g/mol. The van der Waals surface area contributed by atoms with Crippen LogP contribution in [-0.2, 0) is 7.05 Å². The maximum absolute atomic E-state index is 13.1. The number of benzene rings is 1. The molecule has 2 aromatic rings. The molecule has 0 aliphatic carbocycles. The lowest BCUT2D eigenvalue weighted by molar-refractivity contribution is 0.508. The summed E-state index contributed by atoms with van der Waals surface area (Å²) in [6, 6.07) is 3.74. The van der Waals surface area contributed by atoms with Crippen LogP contribution in [-0.4, -0.2) is 9.78 Å². The van der Waals surface area contributed by atoms with Crippen LogP contribution in [0.5, 0.6) is 0 Å². The smallest absolute Gasteiger partial charge is 0.159 e. The van der Waals surface area contributed by atoms with Gasteiger partial charge in [0, 0.05) is 23.2 Å². The number of rotatable bonds is 1. The van der Waals surface area contributed by atoms with Crippen LogP contribution in [0.4, 0.5) is 14.6 Å². The number of hydrogen-bond acceptors (Lipinski definition) is 2. The van der Waals surface area contributed by atoms with Crippen molar-refractivity contribution < 1.29 is 8.78 Å². The summed E-state index contributed by atoms with van der Waals surface area (Å²) in [5.74, 6) is -1.37. The minimum atomic E-state index is -0.914. The molecule has 0 spiro atoms. The van der Waals surface area contributed by atoms with Gasteiger partial charge in [0.05, 0.1) is 5.69 Å². The molecule has 1 heterocycles. The Morgan fingerprint density at radius 1 is 1.25 bits per heavy atom. The minimum absolute atomic E-state index is 0.435. The molecule has 2 rings (SSSR count). The summed E-state index contributed by atoms with van der Waals surface area (Å²) < 4.78 is 27.9. The highest BCUT2D eigenvalue weighted by Gasteiger charge is 2.12. The number of nitrogens with zero attached hydrogens (tertiary/aromatic N) is 2. The van der Waals surface area contributed by atoms with Crippen molar-refractivity contribution in [2.75, 3.05) is 5.73 Å². The van der Waals surface area contributed by atoms with Gasteiger partial charge in [-0.1, -0.05) is 0 Å². The summed E-state index contributed by atoms with van der Waals surface area (Å²) in [7, 11) is 1.67. The van der Waals surface area contributed by atoms with Crippen LogP contribution in [0.25, 0.3) is 11.3 Å². The second-order valence-corrected chi connectivity index (χ2v) is 4.18. The molecule has 0 aliphatic heterocycles. The Labute approximate surface area is 99.0 Å². The number of nitrogen functional groups attached to an aromatic ring is 1. The maximum atomic E-state index is 13.1. The molecule has 6 heteroatoms. The average molecular weight is 288 g/mol. The number of nitrogens with two attached hydrogens (primary N) is 1. The summed E-state index contributed by atoms with van der Waals surface area (Å²) in [6.07, 6.45) is 0. The fourth-order valence-corrected chi connectivity index (χ4v) is 1.85.